The Balaban J connectivity index is 2.34. The zero-order chi connectivity index (χ0) is 9.90. The van der Waals surface area contributed by atoms with E-state index in [0.29, 0.717) is 0 Å². The molecule has 1 aliphatic rings. The van der Waals surface area contributed by atoms with Gasteiger partial charge in [0.05, 0.1) is 18.8 Å². The number of aliphatic hydroxyl groups is 1. The van der Waals surface area contributed by atoms with Crippen LogP contribution in [0, 0.1) is 0 Å². The maximum absolute atomic E-state index is 8.81. The van der Waals surface area contributed by atoms with E-state index in [1.807, 2.05) is 0 Å². The minimum atomic E-state index is -0.131. The molecule has 13 heavy (non-hydrogen) atoms. The Hall–Kier alpha value is -0.160. The van der Waals surface area contributed by atoms with Gasteiger partial charge >= 0.3 is 0 Å². The van der Waals surface area contributed by atoms with Gasteiger partial charge in [0.25, 0.3) is 0 Å². The van der Waals surface area contributed by atoms with Crippen molar-refractivity contribution in [3.8, 4) is 0 Å². The van der Waals surface area contributed by atoms with E-state index in [4.69, 9.17) is 15.6 Å². The van der Waals surface area contributed by atoms with Gasteiger partial charge in [0.1, 0.15) is 0 Å². The molecule has 0 radical (unpaired) electrons. The topological polar surface area (TPSA) is 58.7 Å². The SMILES string of the molecule is CC1(C)CN(CC(N)CO)CCO1. The smallest absolute Gasteiger partial charge is 0.0753 e. The van der Waals surface area contributed by atoms with Gasteiger partial charge in [0.2, 0.25) is 0 Å². The number of nitrogens with zero attached hydrogens (tertiary/aromatic N) is 1. The van der Waals surface area contributed by atoms with Crippen molar-refractivity contribution in [2.45, 2.75) is 25.5 Å². The highest BCUT2D eigenvalue weighted by molar-refractivity contribution is 4.80. The van der Waals surface area contributed by atoms with Crippen molar-refractivity contribution in [1.29, 1.82) is 0 Å². The first-order valence-corrected chi connectivity index (χ1v) is 4.76. The summed E-state index contributed by atoms with van der Waals surface area (Å²) in [4.78, 5) is 2.24. The lowest BCUT2D eigenvalue weighted by Gasteiger charge is -2.38. The minimum Gasteiger partial charge on any atom is -0.395 e. The first-order valence-electron chi connectivity index (χ1n) is 4.76. The largest absolute Gasteiger partial charge is 0.395 e. The van der Waals surface area contributed by atoms with E-state index in [9.17, 15) is 0 Å². The molecule has 4 heteroatoms. The number of aliphatic hydroxyl groups excluding tert-OH is 1. The first-order chi connectivity index (χ1) is 6.03. The lowest BCUT2D eigenvalue weighted by molar-refractivity contribution is -0.0876. The monoisotopic (exact) mass is 188 g/mol. The summed E-state index contributed by atoms with van der Waals surface area (Å²) in [6.07, 6.45) is 0. The van der Waals surface area contributed by atoms with Crippen LogP contribution in [-0.4, -0.2) is 54.5 Å². The summed E-state index contributed by atoms with van der Waals surface area (Å²) < 4.78 is 5.57. The molecule has 1 heterocycles. The standard InChI is InChI=1S/C9H20N2O2/c1-9(2)7-11(3-4-13-9)5-8(10)6-12/h8,12H,3-7,10H2,1-2H3. The van der Waals surface area contributed by atoms with Crippen LogP contribution >= 0.6 is 0 Å². The molecule has 0 bridgehead atoms. The van der Waals surface area contributed by atoms with Crippen molar-refractivity contribution in [2.75, 3.05) is 32.8 Å². The van der Waals surface area contributed by atoms with Gasteiger partial charge < -0.3 is 15.6 Å². The lowest BCUT2D eigenvalue weighted by atomic mass is 10.1. The summed E-state index contributed by atoms with van der Waals surface area (Å²) in [5, 5.41) is 8.81. The highest BCUT2D eigenvalue weighted by Crippen LogP contribution is 2.15. The molecule has 0 saturated carbocycles. The van der Waals surface area contributed by atoms with E-state index in [0.717, 1.165) is 26.2 Å². The van der Waals surface area contributed by atoms with Crippen LogP contribution < -0.4 is 5.73 Å². The van der Waals surface area contributed by atoms with Gasteiger partial charge in [-0.1, -0.05) is 0 Å². The van der Waals surface area contributed by atoms with E-state index in [-0.39, 0.29) is 18.2 Å². The minimum absolute atomic E-state index is 0.0534. The van der Waals surface area contributed by atoms with E-state index >= 15 is 0 Å². The van der Waals surface area contributed by atoms with E-state index in [1.165, 1.54) is 0 Å². The van der Waals surface area contributed by atoms with Crippen molar-refractivity contribution >= 4 is 0 Å². The second-order valence-corrected chi connectivity index (χ2v) is 4.29. The van der Waals surface area contributed by atoms with Crippen LogP contribution in [0.3, 0.4) is 0 Å². The zero-order valence-corrected chi connectivity index (χ0v) is 8.49. The van der Waals surface area contributed by atoms with Gasteiger partial charge in [-0.25, -0.2) is 0 Å². The van der Waals surface area contributed by atoms with Crippen LogP contribution in [-0.2, 0) is 4.74 Å². The predicted molar refractivity (Wildman–Crippen MR) is 51.5 cm³/mol. The van der Waals surface area contributed by atoms with Crippen molar-refractivity contribution in [3.63, 3.8) is 0 Å². The van der Waals surface area contributed by atoms with Crippen LogP contribution in [0.1, 0.15) is 13.8 Å². The molecule has 3 N–H and O–H groups in total. The molecule has 1 atom stereocenters. The van der Waals surface area contributed by atoms with Crippen LogP contribution in [0.15, 0.2) is 0 Å². The summed E-state index contributed by atoms with van der Waals surface area (Å²) in [7, 11) is 0. The molecular formula is C9H20N2O2. The van der Waals surface area contributed by atoms with Gasteiger partial charge in [-0.15, -0.1) is 0 Å². The van der Waals surface area contributed by atoms with Crippen LogP contribution in [0.5, 0.6) is 0 Å². The second-order valence-electron chi connectivity index (χ2n) is 4.29. The average molecular weight is 188 g/mol. The van der Waals surface area contributed by atoms with Crippen molar-refractivity contribution < 1.29 is 9.84 Å². The third-order valence-corrected chi connectivity index (χ3v) is 2.23. The zero-order valence-electron chi connectivity index (χ0n) is 8.49. The maximum Gasteiger partial charge on any atom is 0.0753 e. The molecule has 78 valence electrons. The highest BCUT2D eigenvalue weighted by atomic mass is 16.5. The third kappa shape index (κ3) is 3.60. The Bertz CT molecular complexity index is 162. The van der Waals surface area contributed by atoms with Gasteiger partial charge in [-0.05, 0) is 13.8 Å². The van der Waals surface area contributed by atoms with Gasteiger partial charge in [0, 0.05) is 25.7 Å². The molecule has 0 aromatic heterocycles. The number of hydrogen-bond donors (Lipinski definition) is 2. The van der Waals surface area contributed by atoms with Crippen LogP contribution in [0.2, 0.25) is 0 Å². The summed E-state index contributed by atoms with van der Waals surface area (Å²) in [6, 6.07) is -0.131. The number of hydrogen-bond acceptors (Lipinski definition) is 4. The second kappa shape index (κ2) is 4.37. The third-order valence-electron chi connectivity index (χ3n) is 2.23. The van der Waals surface area contributed by atoms with E-state index in [2.05, 4.69) is 18.7 Å². The van der Waals surface area contributed by atoms with Crippen LogP contribution in [0.4, 0.5) is 0 Å². The molecule has 0 aromatic rings. The molecule has 0 aliphatic carbocycles. The van der Waals surface area contributed by atoms with Crippen LogP contribution in [0.25, 0.3) is 0 Å². The quantitative estimate of drug-likeness (QED) is 0.622. The fraction of sp³-hybridized carbons (Fsp3) is 1.00. The normalized spacial score (nSPS) is 25.8. The molecule has 0 aromatic carbocycles. The maximum atomic E-state index is 8.81. The van der Waals surface area contributed by atoms with Gasteiger partial charge in [-0.2, -0.15) is 0 Å². The molecule has 1 rings (SSSR count). The number of morpholine rings is 1. The Morgan fingerprint density at radius 1 is 1.62 bits per heavy atom. The molecule has 0 spiro atoms. The summed E-state index contributed by atoms with van der Waals surface area (Å²) in [6.45, 7) is 7.51. The molecule has 0 amide bonds. The Labute approximate surface area is 79.7 Å². The first kappa shape index (κ1) is 10.9. The molecule has 1 saturated heterocycles. The molecule has 1 unspecified atom stereocenters. The highest BCUT2D eigenvalue weighted by Gasteiger charge is 2.27. The number of nitrogens with two attached hydrogens (primary N) is 1. The van der Waals surface area contributed by atoms with E-state index in [1.54, 1.807) is 0 Å². The molecular weight excluding hydrogens is 168 g/mol. The van der Waals surface area contributed by atoms with E-state index < -0.39 is 0 Å². The summed E-state index contributed by atoms with van der Waals surface area (Å²) >= 11 is 0. The fourth-order valence-corrected chi connectivity index (χ4v) is 1.66. The summed E-state index contributed by atoms with van der Waals surface area (Å²) in [5.74, 6) is 0. The van der Waals surface area contributed by atoms with Crippen molar-refractivity contribution in [3.05, 3.63) is 0 Å². The molecule has 1 aliphatic heterocycles. The van der Waals surface area contributed by atoms with Gasteiger partial charge in [0.15, 0.2) is 0 Å². The molecule has 4 nitrogen and oxygen atoms in total. The van der Waals surface area contributed by atoms with Crippen molar-refractivity contribution in [2.24, 2.45) is 5.73 Å². The molecule has 1 fully saturated rings. The number of ether oxygens (including phenoxy) is 1. The predicted octanol–water partition coefficient (Wildman–Crippen LogP) is -0.583. The fourth-order valence-electron chi connectivity index (χ4n) is 1.66. The average Bonchev–Trinajstić information content (AvgIpc) is 2.02. The Morgan fingerprint density at radius 3 is 2.85 bits per heavy atom. The Morgan fingerprint density at radius 2 is 2.31 bits per heavy atom. The van der Waals surface area contributed by atoms with Crippen molar-refractivity contribution in [1.82, 2.24) is 4.90 Å². The summed E-state index contributed by atoms with van der Waals surface area (Å²) in [5.41, 5.74) is 5.58. The number of rotatable bonds is 3. The lowest BCUT2D eigenvalue weighted by Crippen LogP contribution is -2.52. The van der Waals surface area contributed by atoms with Gasteiger partial charge in [-0.3, -0.25) is 4.90 Å². The Kier molecular flexibility index (Phi) is 3.67.